The molecule has 8 nitrogen and oxygen atoms in total. The number of nitrogens with zero attached hydrogens (tertiary/aromatic N) is 6. The fourth-order valence-corrected chi connectivity index (χ4v) is 3.85. The highest BCUT2D eigenvalue weighted by molar-refractivity contribution is 7.99. The number of carbonyl (C=O) groups excluding carboxylic acids is 1. The molecular formula is C21H20N6O2S. The minimum absolute atomic E-state index is 0.196. The summed E-state index contributed by atoms with van der Waals surface area (Å²) in [6, 6.07) is 15.3. The first-order valence-electron chi connectivity index (χ1n) is 9.27. The third kappa shape index (κ3) is 4.11. The summed E-state index contributed by atoms with van der Waals surface area (Å²) in [5.74, 6) is -0.365. The van der Waals surface area contributed by atoms with Crippen molar-refractivity contribution in [1.29, 1.82) is 0 Å². The molecule has 1 atom stereocenters. The van der Waals surface area contributed by atoms with Crippen LogP contribution in [0.2, 0.25) is 0 Å². The molecule has 9 heteroatoms. The van der Waals surface area contributed by atoms with Crippen molar-refractivity contribution >= 4 is 17.7 Å². The molecule has 0 amide bonds. The quantitative estimate of drug-likeness (QED) is 0.347. The van der Waals surface area contributed by atoms with Gasteiger partial charge in [0.25, 0.3) is 0 Å². The number of methoxy groups -OCH3 is 1. The summed E-state index contributed by atoms with van der Waals surface area (Å²) in [6.45, 7) is 2.13. The van der Waals surface area contributed by atoms with Crippen molar-refractivity contribution in [2.24, 2.45) is 7.05 Å². The molecular weight excluding hydrogens is 400 g/mol. The number of thioether (sulfide) groups is 1. The standard InChI is InChI=1S/C21H20N6O2S/c1-14(30-21-24-22-13-26(21)2)17-5-4-6-18(11-17)27-12-19(23-25-27)15-7-9-16(10-8-15)20(28)29-3/h4-14H,1-3H3. The van der Waals surface area contributed by atoms with Crippen molar-refractivity contribution in [1.82, 2.24) is 29.8 Å². The summed E-state index contributed by atoms with van der Waals surface area (Å²) in [6.07, 6.45) is 3.56. The molecule has 0 fully saturated rings. The van der Waals surface area contributed by atoms with Crippen molar-refractivity contribution in [2.45, 2.75) is 17.3 Å². The summed E-state index contributed by atoms with van der Waals surface area (Å²) in [5, 5.41) is 17.7. The largest absolute Gasteiger partial charge is 0.465 e. The minimum atomic E-state index is -0.365. The second-order valence-corrected chi connectivity index (χ2v) is 8.00. The van der Waals surface area contributed by atoms with E-state index in [9.17, 15) is 4.79 Å². The van der Waals surface area contributed by atoms with Crippen LogP contribution in [0.3, 0.4) is 0 Å². The monoisotopic (exact) mass is 420 g/mol. The minimum Gasteiger partial charge on any atom is -0.465 e. The average molecular weight is 420 g/mol. The van der Waals surface area contributed by atoms with Crippen LogP contribution in [0.25, 0.3) is 16.9 Å². The number of hydrogen-bond acceptors (Lipinski definition) is 7. The lowest BCUT2D eigenvalue weighted by Crippen LogP contribution is -2.00. The Bertz CT molecular complexity index is 1170. The Morgan fingerprint density at radius 3 is 2.63 bits per heavy atom. The highest BCUT2D eigenvalue weighted by Gasteiger charge is 2.13. The van der Waals surface area contributed by atoms with Crippen molar-refractivity contribution in [3.8, 4) is 16.9 Å². The zero-order chi connectivity index (χ0) is 21.1. The van der Waals surface area contributed by atoms with Crippen molar-refractivity contribution in [3.05, 3.63) is 72.2 Å². The van der Waals surface area contributed by atoms with Gasteiger partial charge >= 0.3 is 5.97 Å². The fraction of sp³-hybridized carbons (Fsp3) is 0.190. The van der Waals surface area contributed by atoms with Crippen LogP contribution in [0.15, 0.2) is 66.2 Å². The number of aromatic nitrogens is 6. The number of ether oxygens (including phenoxy) is 1. The average Bonchev–Trinajstić information content (AvgIpc) is 3.43. The van der Waals surface area contributed by atoms with Gasteiger partial charge in [-0.3, -0.25) is 0 Å². The van der Waals surface area contributed by atoms with Crippen molar-refractivity contribution in [2.75, 3.05) is 7.11 Å². The highest BCUT2D eigenvalue weighted by Crippen LogP contribution is 2.33. The maximum atomic E-state index is 11.6. The van der Waals surface area contributed by atoms with Gasteiger partial charge in [-0.1, -0.05) is 41.2 Å². The molecule has 2 aromatic carbocycles. The van der Waals surface area contributed by atoms with Crippen LogP contribution in [0, 0.1) is 0 Å². The van der Waals surface area contributed by atoms with E-state index < -0.39 is 0 Å². The van der Waals surface area contributed by atoms with Crippen LogP contribution >= 0.6 is 11.8 Å². The first-order valence-corrected chi connectivity index (χ1v) is 10.1. The van der Waals surface area contributed by atoms with Crippen LogP contribution in [0.4, 0.5) is 0 Å². The second-order valence-electron chi connectivity index (χ2n) is 6.70. The zero-order valence-electron chi connectivity index (χ0n) is 16.8. The van der Waals surface area contributed by atoms with Gasteiger partial charge in [0.05, 0.1) is 24.6 Å². The first kappa shape index (κ1) is 19.8. The Morgan fingerprint density at radius 1 is 1.13 bits per heavy atom. The molecule has 0 bridgehead atoms. The van der Waals surface area contributed by atoms with Crippen LogP contribution in [0.1, 0.15) is 28.1 Å². The molecule has 0 aliphatic carbocycles. The highest BCUT2D eigenvalue weighted by atomic mass is 32.2. The third-order valence-corrected chi connectivity index (χ3v) is 5.86. The predicted molar refractivity (Wildman–Crippen MR) is 113 cm³/mol. The smallest absolute Gasteiger partial charge is 0.337 e. The number of carbonyl (C=O) groups is 1. The van der Waals surface area contributed by atoms with Crippen LogP contribution < -0.4 is 0 Å². The molecule has 2 heterocycles. The summed E-state index contributed by atoms with van der Waals surface area (Å²) >= 11 is 1.65. The molecule has 152 valence electrons. The van der Waals surface area contributed by atoms with Crippen molar-refractivity contribution < 1.29 is 9.53 Å². The Balaban J connectivity index is 1.54. The van der Waals surface area contributed by atoms with E-state index in [0.29, 0.717) is 5.56 Å². The lowest BCUT2D eigenvalue weighted by Gasteiger charge is -2.12. The van der Waals surface area contributed by atoms with Gasteiger partial charge in [0, 0.05) is 17.9 Å². The van der Waals surface area contributed by atoms with E-state index >= 15 is 0 Å². The molecule has 0 N–H and O–H groups in total. The second kappa shape index (κ2) is 8.50. The predicted octanol–water partition coefficient (Wildman–Crippen LogP) is 3.70. The van der Waals surface area contributed by atoms with E-state index in [1.165, 1.54) is 7.11 Å². The number of benzene rings is 2. The molecule has 0 aliphatic rings. The maximum Gasteiger partial charge on any atom is 0.337 e. The van der Waals surface area contributed by atoms with Gasteiger partial charge in [-0.05, 0) is 36.8 Å². The maximum absolute atomic E-state index is 11.6. The van der Waals surface area contributed by atoms with E-state index in [1.54, 1.807) is 34.9 Å². The van der Waals surface area contributed by atoms with E-state index in [-0.39, 0.29) is 11.2 Å². The summed E-state index contributed by atoms with van der Waals surface area (Å²) in [4.78, 5) is 11.6. The van der Waals surface area contributed by atoms with E-state index in [4.69, 9.17) is 4.74 Å². The topological polar surface area (TPSA) is 87.7 Å². The van der Waals surface area contributed by atoms with Gasteiger partial charge in [-0.15, -0.1) is 15.3 Å². The van der Waals surface area contributed by atoms with Gasteiger partial charge in [0.15, 0.2) is 5.16 Å². The molecule has 2 aromatic heterocycles. The Kier molecular flexibility index (Phi) is 5.62. The molecule has 0 spiro atoms. The van der Waals surface area contributed by atoms with Gasteiger partial charge < -0.3 is 9.30 Å². The molecule has 0 saturated carbocycles. The van der Waals surface area contributed by atoms with Gasteiger partial charge in [0.1, 0.15) is 12.0 Å². The first-order chi connectivity index (χ1) is 14.5. The fourth-order valence-electron chi connectivity index (χ4n) is 2.94. The van der Waals surface area contributed by atoms with Gasteiger partial charge in [-0.2, -0.15) is 0 Å². The van der Waals surface area contributed by atoms with Crippen LogP contribution in [-0.2, 0) is 11.8 Å². The molecule has 0 aliphatic heterocycles. The third-order valence-electron chi connectivity index (χ3n) is 4.65. The molecule has 30 heavy (non-hydrogen) atoms. The van der Waals surface area contributed by atoms with Crippen molar-refractivity contribution in [3.63, 3.8) is 0 Å². The molecule has 0 radical (unpaired) electrons. The lowest BCUT2D eigenvalue weighted by atomic mass is 10.1. The van der Waals surface area contributed by atoms with E-state index in [1.807, 2.05) is 42.1 Å². The number of esters is 1. The number of aryl methyl sites for hydroxylation is 1. The number of hydrogen-bond donors (Lipinski definition) is 0. The normalized spacial score (nSPS) is 12.0. The van der Waals surface area contributed by atoms with Gasteiger partial charge in [-0.25, -0.2) is 9.48 Å². The Morgan fingerprint density at radius 2 is 1.93 bits per heavy atom. The van der Waals surface area contributed by atoms with Crippen LogP contribution in [0.5, 0.6) is 0 Å². The molecule has 4 aromatic rings. The van der Waals surface area contributed by atoms with E-state index in [2.05, 4.69) is 39.6 Å². The molecule has 1 unspecified atom stereocenters. The Labute approximate surface area is 177 Å². The SMILES string of the molecule is COC(=O)c1ccc(-c2cn(-c3cccc(C(C)Sc4nncn4C)c3)nn2)cc1. The molecule has 0 saturated heterocycles. The summed E-state index contributed by atoms with van der Waals surface area (Å²) < 4.78 is 8.38. The molecule has 4 rings (SSSR count). The lowest BCUT2D eigenvalue weighted by molar-refractivity contribution is 0.0601. The number of rotatable bonds is 6. The van der Waals surface area contributed by atoms with Gasteiger partial charge in [0.2, 0.25) is 0 Å². The zero-order valence-corrected chi connectivity index (χ0v) is 17.6. The summed E-state index contributed by atoms with van der Waals surface area (Å²) in [5.41, 5.74) is 4.16. The Hall–Kier alpha value is -3.46. The van der Waals surface area contributed by atoms with E-state index in [0.717, 1.165) is 27.7 Å². The van der Waals surface area contributed by atoms with Crippen LogP contribution in [-0.4, -0.2) is 42.8 Å². The summed E-state index contributed by atoms with van der Waals surface area (Å²) in [7, 11) is 3.29.